The Kier molecular flexibility index (Phi) is 4.71. The standard InChI is InChI=1S/C19H14N2S2.ClH/c20-19(21)18-11-15-13(2-1-3-17(15)23-18)6-4-12-5-7-16-14(10-12)8-9-22-16;/h1-11H,(H3,20,21);1H/b6-4+;. The highest BCUT2D eigenvalue weighted by Crippen LogP contribution is 2.29. The van der Waals surface area contributed by atoms with Crippen LogP contribution >= 0.6 is 35.1 Å². The highest BCUT2D eigenvalue weighted by atomic mass is 35.5. The summed E-state index contributed by atoms with van der Waals surface area (Å²) in [5, 5.41) is 12.2. The molecule has 4 aromatic rings. The Bertz CT molecular complexity index is 1060. The molecule has 0 unspecified atom stereocenters. The van der Waals surface area contributed by atoms with Gasteiger partial charge in [0, 0.05) is 14.8 Å². The lowest BCUT2D eigenvalue weighted by Crippen LogP contribution is -2.08. The summed E-state index contributed by atoms with van der Waals surface area (Å²) >= 11 is 3.33. The van der Waals surface area contributed by atoms with E-state index in [0.717, 1.165) is 20.5 Å². The third-order valence-corrected chi connectivity index (χ3v) is 5.82. The van der Waals surface area contributed by atoms with E-state index in [9.17, 15) is 0 Å². The van der Waals surface area contributed by atoms with Crippen molar-refractivity contribution in [2.24, 2.45) is 5.73 Å². The van der Waals surface area contributed by atoms with E-state index in [1.54, 1.807) is 22.7 Å². The first kappa shape index (κ1) is 16.7. The van der Waals surface area contributed by atoms with Crippen molar-refractivity contribution < 1.29 is 0 Å². The van der Waals surface area contributed by atoms with Gasteiger partial charge in [0.1, 0.15) is 5.84 Å². The smallest absolute Gasteiger partial charge is 0.133 e. The number of benzene rings is 2. The zero-order valence-electron chi connectivity index (χ0n) is 12.7. The molecule has 2 heterocycles. The van der Waals surface area contributed by atoms with Crippen LogP contribution in [0.1, 0.15) is 16.0 Å². The van der Waals surface area contributed by atoms with E-state index in [-0.39, 0.29) is 18.2 Å². The fraction of sp³-hybridized carbons (Fsp3) is 0. The molecule has 2 nitrogen and oxygen atoms in total. The van der Waals surface area contributed by atoms with Gasteiger partial charge in [0.2, 0.25) is 0 Å². The van der Waals surface area contributed by atoms with Gasteiger partial charge in [0.15, 0.2) is 0 Å². The monoisotopic (exact) mass is 370 g/mol. The lowest BCUT2D eigenvalue weighted by atomic mass is 10.1. The quantitative estimate of drug-likeness (QED) is 0.259. The van der Waals surface area contributed by atoms with Crippen molar-refractivity contribution in [1.29, 1.82) is 5.41 Å². The van der Waals surface area contributed by atoms with E-state index in [1.165, 1.54) is 15.6 Å². The van der Waals surface area contributed by atoms with Gasteiger partial charge in [-0.2, -0.15) is 0 Å². The first-order valence-corrected chi connectivity index (χ1v) is 8.92. The summed E-state index contributed by atoms with van der Waals surface area (Å²) in [4.78, 5) is 0.820. The predicted octanol–water partition coefficient (Wildman–Crippen LogP) is 5.99. The molecule has 0 fully saturated rings. The van der Waals surface area contributed by atoms with Crippen LogP contribution < -0.4 is 5.73 Å². The van der Waals surface area contributed by atoms with Crippen LogP contribution in [0.15, 0.2) is 53.9 Å². The first-order valence-electron chi connectivity index (χ1n) is 7.23. The zero-order chi connectivity index (χ0) is 15.8. The maximum atomic E-state index is 7.61. The van der Waals surface area contributed by atoms with Crippen LogP contribution in [0.25, 0.3) is 32.3 Å². The van der Waals surface area contributed by atoms with Gasteiger partial charge >= 0.3 is 0 Å². The van der Waals surface area contributed by atoms with Crippen molar-refractivity contribution in [2.45, 2.75) is 0 Å². The number of amidine groups is 1. The number of hydrogen-bond acceptors (Lipinski definition) is 3. The highest BCUT2D eigenvalue weighted by Gasteiger charge is 2.06. The van der Waals surface area contributed by atoms with E-state index in [4.69, 9.17) is 11.1 Å². The number of nitrogen functional groups attached to an aromatic ring is 1. The Hall–Kier alpha value is -2.14. The molecule has 0 bridgehead atoms. The van der Waals surface area contributed by atoms with Crippen LogP contribution in [0.3, 0.4) is 0 Å². The third kappa shape index (κ3) is 3.08. The molecule has 0 atom stereocenters. The van der Waals surface area contributed by atoms with Crippen molar-refractivity contribution in [3.05, 3.63) is 69.9 Å². The number of nitrogens with two attached hydrogens (primary N) is 1. The second-order valence-electron chi connectivity index (χ2n) is 5.33. The van der Waals surface area contributed by atoms with E-state index in [2.05, 4.69) is 53.9 Å². The topological polar surface area (TPSA) is 49.9 Å². The molecule has 0 saturated carbocycles. The Labute approximate surface area is 154 Å². The van der Waals surface area contributed by atoms with Crippen molar-refractivity contribution in [3.8, 4) is 0 Å². The zero-order valence-corrected chi connectivity index (χ0v) is 15.1. The molecule has 0 radical (unpaired) electrons. The molecule has 2 aromatic heterocycles. The minimum Gasteiger partial charge on any atom is -0.383 e. The van der Waals surface area contributed by atoms with E-state index in [1.807, 2.05) is 12.1 Å². The minimum absolute atomic E-state index is 0. The molecule has 3 N–H and O–H groups in total. The van der Waals surface area contributed by atoms with Crippen molar-refractivity contribution in [3.63, 3.8) is 0 Å². The summed E-state index contributed by atoms with van der Waals surface area (Å²) in [6.45, 7) is 0. The maximum Gasteiger partial charge on any atom is 0.133 e. The molecule has 4 rings (SSSR count). The average molecular weight is 371 g/mol. The summed E-state index contributed by atoms with van der Waals surface area (Å²) < 4.78 is 2.47. The van der Waals surface area contributed by atoms with Gasteiger partial charge in [-0.1, -0.05) is 30.4 Å². The summed E-state index contributed by atoms with van der Waals surface area (Å²) in [7, 11) is 0. The van der Waals surface area contributed by atoms with Crippen LogP contribution in [-0.4, -0.2) is 5.84 Å². The molecule has 120 valence electrons. The third-order valence-electron chi connectivity index (χ3n) is 3.79. The van der Waals surface area contributed by atoms with E-state index >= 15 is 0 Å². The van der Waals surface area contributed by atoms with Crippen LogP contribution in [0.5, 0.6) is 0 Å². The van der Waals surface area contributed by atoms with Gasteiger partial charge in [0.05, 0.1) is 4.88 Å². The van der Waals surface area contributed by atoms with E-state index < -0.39 is 0 Å². The second kappa shape index (κ2) is 6.77. The number of thiophene rings is 2. The Balaban J connectivity index is 0.00000169. The van der Waals surface area contributed by atoms with Crippen LogP contribution in [0.4, 0.5) is 0 Å². The number of fused-ring (bicyclic) bond motifs is 2. The summed E-state index contributed by atoms with van der Waals surface area (Å²) in [5.74, 6) is 0.129. The number of rotatable bonds is 3. The lowest BCUT2D eigenvalue weighted by molar-refractivity contribution is 1.46. The van der Waals surface area contributed by atoms with E-state index in [0.29, 0.717) is 0 Å². The molecule has 0 aliphatic carbocycles. The van der Waals surface area contributed by atoms with Crippen LogP contribution in [0, 0.1) is 5.41 Å². The van der Waals surface area contributed by atoms with Gasteiger partial charge in [-0.3, -0.25) is 5.41 Å². The largest absolute Gasteiger partial charge is 0.383 e. The number of nitrogens with one attached hydrogen (secondary N) is 1. The molecular weight excluding hydrogens is 356 g/mol. The van der Waals surface area contributed by atoms with Gasteiger partial charge in [0.25, 0.3) is 0 Å². The lowest BCUT2D eigenvalue weighted by Gasteiger charge is -1.98. The number of hydrogen-bond donors (Lipinski definition) is 2. The molecule has 5 heteroatoms. The van der Waals surface area contributed by atoms with Crippen molar-refractivity contribution in [1.82, 2.24) is 0 Å². The minimum atomic E-state index is 0. The average Bonchev–Trinajstić information content (AvgIpc) is 3.18. The Morgan fingerprint density at radius 3 is 2.71 bits per heavy atom. The summed E-state index contributed by atoms with van der Waals surface area (Å²) in [6, 6.07) is 16.9. The maximum absolute atomic E-state index is 7.61. The highest BCUT2D eigenvalue weighted by molar-refractivity contribution is 7.20. The fourth-order valence-corrected chi connectivity index (χ4v) is 4.36. The van der Waals surface area contributed by atoms with Gasteiger partial charge in [-0.25, -0.2) is 0 Å². The van der Waals surface area contributed by atoms with Gasteiger partial charge in [-0.05, 0) is 52.2 Å². The predicted molar refractivity (Wildman–Crippen MR) is 111 cm³/mol. The van der Waals surface area contributed by atoms with Crippen molar-refractivity contribution >= 4 is 73.2 Å². The number of halogens is 1. The van der Waals surface area contributed by atoms with Crippen molar-refractivity contribution in [2.75, 3.05) is 0 Å². The normalized spacial score (nSPS) is 11.2. The summed E-state index contributed by atoms with van der Waals surface area (Å²) in [6.07, 6.45) is 4.27. The second-order valence-corrected chi connectivity index (χ2v) is 7.37. The van der Waals surface area contributed by atoms with Gasteiger partial charge < -0.3 is 5.73 Å². The summed E-state index contributed by atoms with van der Waals surface area (Å²) in [5.41, 5.74) is 7.95. The fourth-order valence-electron chi connectivity index (χ4n) is 2.64. The molecule has 2 aromatic carbocycles. The molecule has 0 saturated heterocycles. The molecular formula is C19H15ClN2S2. The van der Waals surface area contributed by atoms with Crippen LogP contribution in [0.2, 0.25) is 0 Å². The Morgan fingerprint density at radius 2 is 1.88 bits per heavy atom. The molecule has 24 heavy (non-hydrogen) atoms. The first-order chi connectivity index (χ1) is 11.2. The van der Waals surface area contributed by atoms with Gasteiger partial charge in [-0.15, -0.1) is 35.1 Å². The molecule has 0 aliphatic rings. The molecule has 0 spiro atoms. The molecule has 0 amide bonds. The molecule has 0 aliphatic heterocycles. The SMILES string of the molecule is Cl.N=C(N)c1cc2c(/C=C/c3ccc4sccc4c3)cccc2s1. The Morgan fingerprint density at radius 1 is 1.00 bits per heavy atom. The van der Waals surface area contributed by atoms with Crippen LogP contribution in [-0.2, 0) is 0 Å².